The Balaban J connectivity index is 1.19. The number of guanidine groups is 1. The Morgan fingerprint density at radius 2 is 1.10 bits per heavy atom. The van der Waals surface area contributed by atoms with E-state index in [9.17, 15) is 71.1 Å². The first-order chi connectivity index (χ1) is 64.5. The van der Waals surface area contributed by atoms with E-state index in [0.717, 1.165) is 48.4 Å². The van der Waals surface area contributed by atoms with E-state index >= 15 is 24.0 Å². The summed E-state index contributed by atoms with van der Waals surface area (Å²) in [5, 5.41) is 54.5. The van der Waals surface area contributed by atoms with Crippen molar-refractivity contribution in [2.75, 3.05) is 72.5 Å². The Morgan fingerprint density at radius 3 is 1.68 bits per heavy atom. The number of para-hydroxylation sites is 2. The number of aromatic nitrogens is 4. The first-order valence-corrected chi connectivity index (χ1v) is 47.6. The second-order valence-electron chi connectivity index (χ2n) is 34.4. The summed E-state index contributed by atoms with van der Waals surface area (Å²) in [5.41, 5.74) is 19.6. The van der Waals surface area contributed by atoms with Gasteiger partial charge in [-0.2, -0.15) is 0 Å². The van der Waals surface area contributed by atoms with Gasteiger partial charge in [0.15, 0.2) is 5.96 Å². The van der Waals surface area contributed by atoms with Crippen molar-refractivity contribution in [1.82, 2.24) is 103 Å². The van der Waals surface area contributed by atoms with Gasteiger partial charge < -0.3 is 120 Å². The second-order valence-corrected chi connectivity index (χ2v) is 36.9. The van der Waals surface area contributed by atoms with E-state index in [1.807, 2.05) is 13.8 Å². The number of hydrogen-bond donors (Lipinski definition) is 20. The Bertz CT molecular complexity index is 5380. The molecule has 8 rings (SSSR count). The van der Waals surface area contributed by atoms with Crippen molar-refractivity contribution in [3.05, 3.63) is 120 Å². The molecule has 0 radical (unpaired) electrons. The number of sulfonamides is 1. The van der Waals surface area contributed by atoms with Crippen molar-refractivity contribution in [3.63, 3.8) is 0 Å². The van der Waals surface area contributed by atoms with Gasteiger partial charge in [-0.1, -0.05) is 102 Å². The molecule has 17 amide bonds. The van der Waals surface area contributed by atoms with Crippen molar-refractivity contribution in [2.45, 2.75) is 221 Å². The number of amides is 17. The van der Waals surface area contributed by atoms with Gasteiger partial charge in [-0.25, -0.2) is 18.5 Å². The van der Waals surface area contributed by atoms with E-state index in [1.54, 1.807) is 74.8 Å². The minimum atomic E-state index is -4.25. The first kappa shape index (κ1) is 108. The Kier molecular flexibility index (Phi) is 40.6. The Morgan fingerprint density at radius 1 is 0.559 bits per heavy atom. The highest BCUT2D eigenvalue weighted by molar-refractivity contribution is 8.00. The van der Waals surface area contributed by atoms with Gasteiger partial charge in [-0.3, -0.25) is 86.9 Å². The number of primary sulfonamides is 1. The molecule has 3 aromatic heterocycles. The number of H-pyrrole nitrogens is 3. The number of likely N-dealkylation sites (N-methyl/N-ethyl adjacent to an activating group) is 4. The number of unbranched alkanes of at least 4 members (excludes halogenated alkanes) is 2. The minimum absolute atomic E-state index is 0.0149. The number of hydrogen-bond acceptors (Lipinski definition) is 23. The molecule has 0 saturated carbocycles. The predicted molar refractivity (Wildman–Crippen MR) is 501 cm³/mol. The molecule has 3 aromatic carbocycles. The monoisotopic (exact) mass is 1930 g/mol. The van der Waals surface area contributed by atoms with E-state index in [2.05, 4.69) is 78.4 Å². The van der Waals surface area contributed by atoms with Crippen LogP contribution >= 0.6 is 11.8 Å². The number of nitrogens with zero attached hydrogens (tertiary/aromatic N) is 6. The lowest BCUT2D eigenvalue weighted by Gasteiger charge is -2.36. The zero-order valence-corrected chi connectivity index (χ0v) is 79.2. The number of carbonyl (C=O) groups excluding carboxylic acids is 17. The highest BCUT2D eigenvalue weighted by Gasteiger charge is 2.44. The molecule has 6 aromatic rings. The normalized spacial score (nSPS) is 23.3. The number of carbonyl (C=O) groups is 17. The molecule has 45 nitrogen and oxygen atoms in total. The quantitative estimate of drug-likeness (QED) is 0.0135. The van der Waals surface area contributed by atoms with Crippen LogP contribution in [-0.2, 0) is 117 Å². The molecule has 24 N–H and O–H groups in total. The highest BCUT2D eigenvalue weighted by Crippen LogP contribution is 2.27. The maximum Gasteiger partial charge on any atom is 0.246 e. The molecule has 0 aliphatic carbocycles. The summed E-state index contributed by atoms with van der Waals surface area (Å²) in [5.74, 6) is -18.1. The van der Waals surface area contributed by atoms with Crippen molar-refractivity contribution in [2.24, 2.45) is 28.3 Å². The van der Waals surface area contributed by atoms with Crippen LogP contribution in [0.1, 0.15) is 134 Å². The summed E-state index contributed by atoms with van der Waals surface area (Å²) in [6, 6.07) is -1.43. The first-order valence-electron chi connectivity index (χ1n) is 44.9. The maximum atomic E-state index is 15.7. The molecule has 47 heteroatoms. The molecule has 136 heavy (non-hydrogen) atoms. The van der Waals surface area contributed by atoms with Crippen LogP contribution in [0.15, 0.2) is 103 Å². The molecule has 0 spiro atoms. The third kappa shape index (κ3) is 31.0. The molecule has 13 atom stereocenters. The fraction of sp³-hybridized carbons (Fsp3) is 0.517. The zero-order valence-electron chi connectivity index (χ0n) is 77.6. The van der Waals surface area contributed by atoms with Crippen LogP contribution in [0.2, 0.25) is 0 Å². The molecule has 740 valence electrons. The van der Waals surface area contributed by atoms with Crippen LogP contribution in [0.4, 0.5) is 0 Å². The van der Waals surface area contributed by atoms with E-state index < -0.39 is 239 Å². The maximum absolute atomic E-state index is 15.7. The lowest BCUT2D eigenvalue weighted by Crippen LogP contribution is -2.61. The number of benzene rings is 3. The van der Waals surface area contributed by atoms with Crippen LogP contribution < -0.4 is 80.8 Å². The number of imidazole rings is 1. The number of primary amides is 2. The fourth-order valence-corrected chi connectivity index (χ4v) is 17.4. The largest absolute Gasteiger partial charge is 0.394 e. The molecule has 2 aliphatic rings. The van der Waals surface area contributed by atoms with Crippen molar-refractivity contribution < 1.29 is 95.0 Å². The summed E-state index contributed by atoms with van der Waals surface area (Å²) in [4.78, 5) is 267. The number of nitrogens with one attached hydrogen (secondary N) is 15. The standard InChI is InChI=1S/C89H127N25O20S2/c1-10-12-25-69-82(126)103-60(24-18-32-96-89(92)93)78(122)109-68(77(121)99-43-73(91)117)46-135-47-75(119)102-64(35-51-28-30-55(31-29-51)136(94,133)134)85(129)111(7)50(5)76(120)105-66(39-72(90)116)87(131)114-33-19-27-70(114)83(127)104-62(38-54-42-95-48-100-54)80(124)106-63(34-49(3)4)84(128)110(6)44-74(118)101-61(36-52-40-97-58-22-16-14-20-56(52)58)79(123)108-67(45-115)81(125)107-65(37-53-41-98-59-23-17-15-21-57(53)59)86(130)113(9)71(26-13-11-2)88(132)112(69)8/h14-17,20-23,28-31,40-42,48-50,60-71,97-98,115H,10-13,18-19,24-27,32-39,43-47H2,1-9H3,(H2,90,116)(H2,91,117)(H,95,100)(H,99,121)(H,101,118)(H,102,119)(H,103,126)(H,104,127)(H,105,120)(H,106,124)(H,107,125)(H,108,123)(H,109,122)(H4,92,93,96)(H2,94,133,134)/t50-,60-,61-,62-,63-,64-,65-,66-,67-,68-,69-,70-,71-/m0/s1. The van der Waals surface area contributed by atoms with E-state index in [0.29, 0.717) is 64.3 Å². The Hall–Kier alpha value is -13.6. The van der Waals surface area contributed by atoms with Gasteiger partial charge in [0.05, 0.1) is 43.1 Å². The summed E-state index contributed by atoms with van der Waals surface area (Å²) in [6.45, 7) is 5.64. The van der Waals surface area contributed by atoms with Gasteiger partial charge in [0.25, 0.3) is 0 Å². The molecule has 0 unspecified atom stereocenters. The van der Waals surface area contributed by atoms with Crippen LogP contribution in [-0.4, -0.2) is 315 Å². The van der Waals surface area contributed by atoms with E-state index in [-0.39, 0.29) is 93.7 Å². The number of nitrogens with two attached hydrogens (primary N) is 4. The average Bonchev–Trinajstić information content (AvgIpc) is 1.35. The topological polar surface area (TPSA) is 681 Å². The third-order valence-corrected chi connectivity index (χ3v) is 25.5. The fourth-order valence-electron chi connectivity index (χ4n) is 16.0. The second kappa shape index (κ2) is 51.2. The smallest absolute Gasteiger partial charge is 0.246 e. The highest BCUT2D eigenvalue weighted by atomic mass is 32.2. The SMILES string of the molecule is CCCC[C@H]1C(=O)N(C)[C@@H](CCCC)C(=O)N[C@@H](CCCNC(=N)N)C(=O)N[C@H](C(=O)NCC(N)=O)CSCC(=O)N[C@@H](Cc2ccc(S(N)(=O)=O)cc2)C(=O)N(C)[C@@H](C)C(=O)N[C@@H](CC(N)=O)C(=O)N2CCC[C@H]2C(=O)N[C@@H](Cc2cnc[nH]2)C(=O)N[C@@H](CC(C)C)C(=O)N(C)CC(=O)N[C@@H](Cc2c[nH]c3ccccc23)C(=O)N[C@@H](CO)C(=O)N[C@@H](Cc2c[nH]c3ccccc23)C(=O)N1C. The third-order valence-electron chi connectivity index (χ3n) is 23.5. The summed E-state index contributed by atoms with van der Waals surface area (Å²) in [6.07, 6.45) is 5.28. The van der Waals surface area contributed by atoms with Crippen molar-refractivity contribution >= 4 is 150 Å². The lowest BCUT2D eigenvalue weighted by atomic mass is 10.00. The lowest BCUT2D eigenvalue weighted by molar-refractivity contribution is -0.149. The minimum Gasteiger partial charge on any atom is -0.394 e. The van der Waals surface area contributed by atoms with Gasteiger partial charge in [0, 0.05) is 119 Å². The van der Waals surface area contributed by atoms with Crippen molar-refractivity contribution in [3.8, 4) is 0 Å². The average molecular weight is 1930 g/mol. The predicted octanol–water partition coefficient (Wildman–Crippen LogP) is -3.49. The number of fused-ring (bicyclic) bond motifs is 3. The van der Waals surface area contributed by atoms with Gasteiger partial charge in [-0.05, 0) is 98.7 Å². The summed E-state index contributed by atoms with van der Waals surface area (Å²) in [7, 11) is 0.861. The molecular formula is C89H127N25O20S2. The number of aliphatic hydroxyl groups excluding tert-OH is 1. The molecular weight excluding hydrogens is 1800 g/mol. The number of aromatic amines is 3. The van der Waals surface area contributed by atoms with Gasteiger partial charge in [-0.15, -0.1) is 11.8 Å². The number of thioether (sulfide) groups is 1. The van der Waals surface area contributed by atoms with Crippen LogP contribution in [0, 0.1) is 11.3 Å². The molecule has 5 heterocycles. The van der Waals surface area contributed by atoms with Gasteiger partial charge in [0.1, 0.15) is 78.5 Å². The molecule has 2 aliphatic heterocycles. The molecule has 2 saturated heterocycles. The zero-order chi connectivity index (χ0) is 99.9. The number of aliphatic hydroxyl groups is 1. The van der Waals surface area contributed by atoms with Crippen LogP contribution in [0.5, 0.6) is 0 Å². The summed E-state index contributed by atoms with van der Waals surface area (Å²) < 4.78 is 24.7. The van der Waals surface area contributed by atoms with Crippen LogP contribution in [0.3, 0.4) is 0 Å². The van der Waals surface area contributed by atoms with E-state index in [4.69, 9.17) is 27.7 Å². The van der Waals surface area contributed by atoms with E-state index in [1.165, 1.54) is 59.8 Å². The molecule has 0 bridgehead atoms. The van der Waals surface area contributed by atoms with Crippen LogP contribution in [0.25, 0.3) is 21.8 Å². The van der Waals surface area contributed by atoms with Crippen molar-refractivity contribution in [1.29, 1.82) is 5.41 Å². The van der Waals surface area contributed by atoms with Gasteiger partial charge >= 0.3 is 0 Å². The number of rotatable bonds is 27. The summed E-state index contributed by atoms with van der Waals surface area (Å²) >= 11 is 0.719. The Labute approximate surface area is 790 Å². The van der Waals surface area contributed by atoms with Gasteiger partial charge in [0.2, 0.25) is 110 Å². The molecule has 2 fully saturated rings.